The molecule has 0 unspecified atom stereocenters. The second-order valence-corrected chi connectivity index (χ2v) is 4.09. The predicted octanol–water partition coefficient (Wildman–Crippen LogP) is 4.04. The first kappa shape index (κ1) is 11.9. The molecule has 0 saturated heterocycles. The second-order valence-electron chi connectivity index (χ2n) is 3.28. The first-order valence-corrected chi connectivity index (χ1v) is 6.11. The van der Waals surface area contributed by atoms with E-state index >= 15 is 0 Å². The maximum absolute atomic E-state index is 5.68. The van der Waals surface area contributed by atoms with Crippen LogP contribution >= 0.6 is 15.9 Å². The van der Waals surface area contributed by atoms with E-state index in [9.17, 15) is 0 Å². The average molecular weight is 294 g/mol. The van der Waals surface area contributed by atoms with Crippen LogP contribution in [-0.4, -0.2) is 11.6 Å². The lowest BCUT2D eigenvalue weighted by molar-refractivity contribution is 0.319. The van der Waals surface area contributed by atoms with Crippen molar-refractivity contribution in [1.82, 2.24) is 4.98 Å². The maximum atomic E-state index is 5.68. The summed E-state index contributed by atoms with van der Waals surface area (Å²) < 4.78 is 11.9. The molecule has 2 rings (SSSR count). The molecule has 1 heterocycles. The van der Waals surface area contributed by atoms with Crippen molar-refractivity contribution in [3.8, 4) is 17.4 Å². The zero-order chi connectivity index (χ0) is 12.1. The van der Waals surface area contributed by atoms with Crippen molar-refractivity contribution in [1.29, 1.82) is 0 Å². The van der Waals surface area contributed by atoms with E-state index in [0.29, 0.717) is 18.2 Å². The molecule has 0 aliphatic heterocycles. The number of halogens is 1. The zero-order valence-corrected chi connectivity index (χ0v) is 11.0. The Morgan fingerprint density at radius 1 is 1.06 bits per heavy atom. The van der Waals surface area contributed by atoms with Gasteiger partial charge in [-0.2, -0.15) is 0 Å². The molecule has 4 heteroatoms. The standard InChI is InChI=1S/C13H12BrNO2/c1-2-16-10-6-3-4-7-11(10)17-13-9-5-8-12(14)15-13/h3-9H,2H2,1H3. The zero-order valence-electron chi connectivity index (χ0n) is 9.39. The van der Waals surface area contributed by atoms with Gasteiger partial charge < -0.3 is 9.47 Å². The summed E-state index contributed by atoms with van der Waals surface area (Å²) in [5.41, 5.74) is 0. The first-order chi connectivity index (χ1) is 8.29. The fourth-order valence-corrected chi connectivity index (χ4v) is 1.70. The van der Waals surface area contributed by atoms with E-state index in [1.54, 1.807) is 6.07 Å². The van der Waals surface area contributed by atoms with E-state index in [-0.39, 0.29) is 0 Å². The topological polar surface area (TPSA) is 31.4 Å². The summed E-state index contributed by atoms with van der Waals surface area (Å²) in [5, 5.41) is 0. The molecule has 17 heavy (non-hydrogen) atoms. The van der Waals surface area contributed by atoms with E-state index in [1.165, 1.54) is 0 Å². The minimum atomic E-state index is 0.534. The van der Waals surface area contributed by atoms with Gasteiger partial charge in [-0.05, 0) is 41.1 Å². The SMILES string of the molecule is CCOc1ccccc1Oc1cccc(Br)n1. The van der Waals surface area contributed by atoms with Gasteiger partial charge in [-0.25, -0.2) is 4.98 Å². The van der Waals surface area contributed by atoms with Crippen LogP contribution in [0.4, 0.5) is 0 Å². The fourth-order valence-electron chi connectivity index (χ4n) is 1.37. The molecule has 0 spiro atoms. The highest BCUT2D eigenvalue weighted by Crippen LogP contribution is 2.30. The molecule has 0 bridgehead atoms. The first-order valence-electron chi connectivity index (χ1n) is 5.32. The van der Waals surface area contributed by atoms with E-state index in [2.05, 4.69) is 20.9 Å². The number of pyridine rings is 1. The smallest absolute Gasteiger partial charge is 0.220 e. The van der Waals surface area contributed by atoms with Gasteiger partial charge in [0.1, 0.15) is 4.60 Å². The summed E-state index contributed by atoms with van der Waals surface area (Å²) in [6.07, 6.45) is 0. The van der Waals surface area contributed by atoms with Crippen LogP contribution in [0.3, 0.4) is 0 Å². The Labute approximate surface area is 109 Å². The lowest BCUT2D eigenvalue weighted by Gasteiger charge is -2.10. The predicted molar refractivity (Wildman–Crippen MR) is 69.6 cm³/mol. The summed E-state index contributed by atoms with van der Waals surface area (Å²) in [7, 11) is 0. The fraction of sp³-hybridized carbons (Fsp3) is 0.154. The normalized spacial score (nSPS) is 10.0. The van der Waals surface area contributed by atoms with Crippen molar-refractivity contribution in [3.05, 3.63) is 47.1 Å². The molecule has 0 radical (unpaired) electrons. The van der Waals surface area contributed by atoms with E-state index < -0.39 is 0 Å². The van der Waals surface area contributed by atoms with E-state index in [4.69, 9.17) is 9.47 Å². The lowest BCUT2D eigenvalue weighted by Crippen LogP contribution is -1.95. The van der Waals surface area contributed by atoms with Crippen LogP contribution < -0.4 is 9.47 Å². The molecular formula is C13H12BrNO2. The molecule has 0 atom stereocenters. The number of ether oxygens (including phenoxy) is 2. The Morgan fingerprint density at radius 2 is 1.82 bits per heavy atom. The number of hydrogen-bond donors (Lipinski definition) is 0. The molecule has 0 N–H and O–H groups in total. The summed E-state index contributed by atoms with van der Waals surface area (Å²) in [4.78, 5) is 4.21. The minimum absolute atomic E-state index is 0.534. The Bertz CT molecular complexity index is 502. The van der Waals surface area contributed by atoms with Crippen molar-refractivity contribution >= 4 is 15.9 Å². The number of rotatable bonds is 4. The van der Waals surface area contributed by atoms with Crippen LogP contribution in [0.15, 0.2) is 47.1 Å². The van der Waals surface area contributed by atoms with Gasteiger partial charge in [-0.1, -0.05) is 18.2 Å². The highest BCUT2D eigenvalue weighted by molar-refractivity contribution is 9.10. The third-order valence-corrected chi connectivity index (χ3v) is 2.49. The molecule has 88 valence electrons. The largest absolute Gasteiger partial charge is 0.490 e. The van der Waals surface area contributed by atoms with Crippen LogP contribution in [0.1, 0.15) is 6.92 Å². The van der Waals surface area contributed by atoms with Gasteiger partial charge in [-0.15, -0.1) is 0 Å². The number of para-hydroxylation sites is 2. The summed E-state index contributed by atoms with van der Waals surface area (Å²) in [6.45, 7) is 2.54. The molecule has 3 nitrogen and oxygen atoms in total. The van der Waals surface area contributed by atoms with Gasteiger partial charge >= 0.3 is 0 Å². The van der Waals surface area contributed by atoms with Crippen molar-refractivity contribution < 1.29 is 9.47 Å². The lowest BCUT2D eigenvalue weighted by atomic mass is 10.3. The third-order valence-electron chi connectivity index (χ3n) is 2.05. The number of benzene rings is 1. The third kappa shape index (κ3) is 3.20. The Balaban J connectivity index is 2.23. The minimum Gasteiger partial charge on any atom is -0.490 e. The molecule has 1 aromatic carbocycles. The second kappa shape index (κ2) is 5.68. The van der Waals surface area contributed by atoms with Crippen LogP contribution in [0, 0.1) is 0 Å². The molecule has 0 aliphatic carbocycles. The quantitative estimate of drug-likeness (QED) is 0.798. The van der Waals surface area contributed by atoms with Gasteiger partial charge in [-0.3, -0.25) is 0 Å². The number of nitrogens with zero attached hydrogens (tertiary/aromatic N) is 1. The summed E-state index contributed by atoms with van der Waals surface area (Å²) in [6, 6.07) is 13.1. The molecular weight excluding hydrogens is 282 g/mol. The van der Waals surface area contributed by atoms with Crippen molar-refractivity contribution in [2.24, 2.45) is 0 Å². The maximum Gasteiger partial charge on any atom is 0.220 e. The van der Waals surface area contributed by atoms with E-state index in [0.717, 1.165) is 10.4 Å². The van der Waals surface area contributed by atoms with Crippen LogP contribution in [-0.2, 0) is 0 Å². The van der Waals surface area contributed by atoms with Crippen LogP contribution in [0.5, 0.6) is 17.4 Å². The highest BCUT2D eigenvalue weighted by atomic mass is 79.9. The monoisotopic (exact) mass is 293 g/mol. The molecule has 0 aliphatic rings. The number of aromatic nitrogens is 1. The molecule has 2 aromatic rings. The van der Waals surface area contributed by atoms with Gasteiger partial charge in [0.25, 0.3) is 0 Å². The van der Waals surface area contributed by atoms with Crippen LogP contribution in [0.2, 0.25) is 0 Å². The Morgan fingerprint density at radius 3 is 2.53 bits per heavy atom. The van der Waals surface area contributed by atoms with Gasteiger partial charge in [0, 0.05) is 6.07 Å². The van der Waals surface area contributed by atoms with Crippen molar-refractivity contribution in [3.63, 3.8) is 0 Å². The summed E-state index contributed by atoms with van der Waals surface area (Å²) in [5.74, 6) is 1.92. The van der Waals surface area contributed by atoms with Crippen molar-refractivity contribution in [2.75, 3.05) is 6.61 Å². The van der Waals surface area contributed by atoms with Gasteiger partial charge in [0.2, 0.25) is 5.88 Å². The molecule has 1 aromatic heterocycles. The molecule has 0 saturated carbocycles. The van der Waals surface area contributed by atoms with Crippen LogP contribution in [0.25, 0.3) is 0 Å². The average Bonchev–Trinajstić information content (AvgIpc) is 2.32. The molecule has 0 fully saturated rings. The van der Waals surface area contributed by atoms with Gasteiger partial charge in [0.05, 0.1) is 6.61 Å². The summed E-state index contributed by atoms with van der Waals surface area (Å²) >= 11 is 3.30. The molecule has 0 amide bonds. The number of hydrogen-bond acceptors (Lipinski definition) is 3. The Hall–Kier alpha value is -1.55. The Kier molecular flexibility index (Phi) is 3.98. The highest BCUT2D eigenvalue weighted by Gasteiger charge is 2.05. The van der Waals surface area contributed by atoms with Gasteiger partial charge in [0.15, 0.2) is 11.5 Å². The van der Waals surface area contributed by atoms with Crippen molar-refractivity contribution in [2.45, 2.75) is 6.92 Å². The van der Waals surface area contributed by atoms with E-state index in [1.807, 2.05) is 43.3 Å².